The van der Waals surface area contributed by atoms with Gasteiger partial charge in [-0.15, -0.1) is 11.3 Å². The van der Waals surface area contributed by atoms with Crippen molar-refractivity contribution in [1.82, 2.24) is 15.0 Å². The van der Waals surface area contributed by atoms with Gasteiger partial charge in [0.15, 0.2) is 0 Å². The number of rotatable bonds is 9. The Bertz CT molecular complexity index is 1120. The number of benzene rings is 1. The molecule has 2 aromatic heterocycles. The predicted octanol–water partition coefficient (Wildman–Crippen LogP) is 3.75. The Balaban J connectivity index is 1.49. The first-order chi connectivity index (χ1) is 16.9. The Morgan fingerprint density at radius 2 is 2.09 bits per heavy atom. The van der Waals surface area contributed by atoms with E-state index in [1.54, 1.807) is 28.2 Å². The van der Waals surface area contributed by atoms with E-state index in [1.807, 2.05) is 55.6 Å². The van der Waals surface area contributed by atoms with Crippen molar-refractivity contribution in [3.05, 3.63) is 69.2 Å². The van der Waals surface area contributed by atoms with E-state index in [4.69, 9.17) is 14.0 Å². The molecule has 3 aromatic rings. The second-order valence-corrected chi connectivity index (χ2v) is 9.75. The van der Waals surface area contributed by atoms with Crippen molar-refractivity contribution in [3.8, 4) is 5.75 Å². The fraction of sp³-hybridized carbons (Fsp3) is 0.423. The van der Waals surface area contributed by atoms with E-state index < -0.39 is 0 Å². The molecule has 2 amide bonds. The monoisotopic (exact) mass is 497 g/mol. The molecule has 1 unspecified atom stereocenters. The molecule has 1 saturated heterocycles. The molecule has 1 atom stereocenters. The normalized spacial score (nSPS) is 16.4. The number of ether oxygens (including phenoxy) is 2. The molecule has 9 heteroatoms. The number of carbonyl (C=O) groups is 2. The lowest BCUT2D eigenvalue weighted by atomic mass is 10.2. The van der Waals surface area contributed by atoms with E-state index in [2.05, 4.69) is 5.16 Å². The zero-order chi connectivity index (χ0) is 24.8. The quantitative estimate of drug-likeness (QED) is 0.448. The average molecular weight is 498 g/mol. The SMILES string of the molecule is COc1cccc(CN2CC(OCc3c(C)noc3C)CN(C(=O)CCc3cccs3)CC2=O)c1. The van der Waals surface area contributed by atoms with Gasteiger partial charge in [-0.05, 0) is 49.4 Å². The van der Waals surface area contributed by atoms with Crippen LogP contribution in [0.4, 0.5) is 0 Å². The molecule has 0 saturated carbocycles. The Kier molecular flexibility index (Phi) is 8.20. The molecule has 1 aliphatic heterocycles. The number of hydrogen-bond donors (Lipinski definition) is 0. The van der Waals surface area contributed by atoms with Crippen molar-refractivity contribution in [2.75, 3.05) is 26.7 Å². The second kappa shape index (κ2) is 11.5. The van der Waals surface area contributed by atoms with Crippen molar-refractivity contribution < 1.29 is 23.6 Å². The minimum Gasteiger partial charge on any atom is -0.497 e. The van der Waals surface area contributed by atoms with Gasteiger partial charge in [0.2, 0.25) is 11.8 Å². The van der Waals surface area contributed by atoms with E-state index in [9.17, 15) is 9.59 Å². The molecule has 1 aliphatic rings. The molecule has 0 N–H and O–H groups in total. The van der Waals surface area contributed by atoms with Crippen molar-refractivity contribution in [3.63, 3.8) is 0 Å². The maximum absolute atomic E-state index is 13.2. The highest BCUT2D eigenvalue weighted by Crippen LogP contribution is 2.20. The standard InChI is InChI=1S/C26H31N3O5S/c1-18-24(19(2)34-27-18)17-33-22-14-28(13-20-6-4-7-21(12-20)32-3)26(31)16-29(15-22)25(30)10-9-23-8-5-11-35-23/h4-8,11-12,22H,9-10,13-17H2,1-3H3. The van der Waals surface area contributed by atoms with Gasteiger partial charge in [-0.1, -0.05) is 23.4 Å². The summed E-state index contributed by atoms with van der Waals surface area (Å²) in [7, 11) is 1.62. The van der Waals surface area contributed by atoms with Gasteiger partial charge in [0.1, 0.15) is 11.5 Å². The van der Waals surface area contributed by atoms with E-state index in [1.165, 1.54) is 0 Å². The summed E-state index contributed by atoms with van der Waals surface area (Å²) >= 11 is 1.63. The highest BCUT2D eigenvalue weighted by molar-refractivity contribution is 7.09. The van der Waals surface area contributed by atoms with Crippen LogP contribution in [0.1, 0.15) is 33.9 Å². The number of hydrogen-bond acceptors (Lipinski definition) is 7. The van der Waals surface area contributed by atoms with Gasteiger partial charge >= 0.3 is 0 Å². The van der Waals surface area contributed by atoms with Gasteiger partial charge in [-0.3, -0.25) is 9.59 Å². The lowest BCUT2D eigenvalue weighted by Gasteiger charge is -2.25. The van der Waals surface area contributed by atoms with Gasteiger partial charge in [-0.2, -0.15) is 0 Å². The van der Waals surface area contributed by atoms with E-state index in [0.29, 0.717) is 44.8 Å². The summed E-state index contributed by atoms with van der Waals surface area (Å²) < 4.78 is 16.8. The van der Waals surface area contributed by atoms with Gasteiger partial charge in [0, 0.05) is 36.5 Å². The molecule has 1 aromatic carbocycles. The van der Waals surface area contributed by atoms with Gasteiger partial charge in [0.25, 0.3) is 0 Å². The van der Waals surface area contributed by atoms with Crippen LogP contribution in [-0.2, 0) is 33.9 Å². The summed E-state index contributed by atoms with van der Waals surface area (Å²) in [5, 5.41) is 6.00. The predicted molar refractivity (Wildman–Crippen MR) is 132 cm³/mol. The van der Waals surface area contributed by atoms with Crippen molar-refractivity contribution >= 4 is 23.2 Å². The summed E-state index contributed by atoms with van der Waals surface area (Å²) in [4.78, 5) is 30.9. The Hall–Kier alpha value is -3.17. The summed E-state index contributed by atoms with van der Waals surface area (Å²) in [5.74, 6) is 1.31. The van der Waals surface area contributed by atoms with Crippen molar-refractivity contribution in [2.45, 2.75) is 45.9 Å². The van der Waals surface area contributed by atoms with Crippen LogP contribution in [-0.4, -0.2) is 59.6 Å². The number of thiophene rings is 1. The molecule has 8 nitrogen and oxygen atoms in total. The number of amides is 2. The maximum Gasteiger partial charge on any atom is 0.242 e. The van der Waals surface area contributed by atoms with Crippen molar-refractivity contribution in [1.29, 1.82) is 0 Å². The molecular weight excluding hydrogens is 466 g/mol. The van der Waals surface area contributed by atoms with Gasteiger partial charge in [0.05, 0.1) is 32.1 Å². The molecule has 35 heavy (non-hydrogen) atoms. The summed E-state index contributed by atoms with van der Waals surface area (Å²) in [6, 6.07) is 11.7. The van der Waals surface area contributed by atoms with Crippen LogP contribution in [0.25, 0.3) is 0 Å². The fourth-order valence-corrected chi connectivity index (χ4v) is 4.88. The zero-order valence-electron chi connectivity index (χ0n) is 20.4. The topological polar surface area (TPSA) is 85.1 Å². The zero-order valence-corrected chi connectivity index (χ0v) is 21.2. The maximum atomic E-state index is 13.2. The molecule has 186 valence electrons. The minimum absolute atomic E-state index is 0.0401. The van der Waals surface area contributed by atoms with Crippen molar-refractivity contribution in [2.24, 2.45) is 0 Å². The third-order valence-electron chi connectivity index (χ3n) is 6.20. The number of nitrogens with zero attached hydrogens (tertiary/aromatic N) is 3. The molecule has 0 bridgehead atoms. The molecule has 0 aliphatic carbocycles. The summed E-state index contributed by atoms with van der Waals surface area (Å²) in [5.41, 5.74) is 2.64. The highest BCUT2D eigenvalue weighted by atomic mass is 32.1. The van der Waals surface area contributed by atoms with Gasteiger partial charge in [-0.25, -0.2) is 0 Å². The first kappa shape index (κ1) is 24.9. The van der Waals surface area contributed by atoms with Crippen LogP contribution < -0.4 is 4.74 Å². The smallest absolute Gasteiger partial charge is 0.242 e. The Labute approximate surface area is 209 Å². The van der Waals surface area contributed by atoms with Crippen LogP contribution in [0.15, 0.2) is 46.3 Å². The Morgan fingerprint density at radius 3 is 2.80 bits per heavy atom. The number of carbonyl (C=O) groups excluding carboxylic acids is 2. The third kappa shape index (κ3) is 6.49. The molecule has 1 fully saturated rings. The van der Waals surface area contributed by atoms with Crippen LogP contribution in [0.2, 0.25) is 0 Å². The Morgan fingerprint density at radius 1 is 1.23 bits per heavy atom. The van der Waals surface area contributed by atoms with Crippen LogP contribution >= 0.6 is 11.3 Å². The third-order valence-corrected chi connectivity index (χ3v) is 7.13. The summed E-state index contributed by atoms with van der Waals surface area (Å²) in [6.45, 7) is 5.23. The molecule has 0 radical (unpaired) electrons. The molecule has 4 rings (SSSR count). The number of methoxy groups -OCH3 is 1. The largest absolute Gasteiger partial charge is 0.497 e. The lowest BCUT2D eigenvalue weighted by Crippen LogP contribution is -2.39. The summed E-state index contributed by atoms with van der Waals surface area (Å²) in [6.07, 6.45) is 0.686. The van der Waals surface area contributed by atoms with E-state index in [0.717, 1.165) is 27.4 Å². The first-order valence-corrected chi connectivity index (χ1v) is 12.5. The second-order valence-electron chi connectivity index (χ2n) is 8.72. The van der Waals surface area contributed by atoms with Crippen LogP contribution in [0.3, 0.4) is 0 Å². The van der Waals surface area contributed by atoms with E-state index in [-0.39, 0.29) is 24.5 Å². The lowest BCUT2D eigenvalue weighted by molar-refractivity contribution is -0.139. The molecule has 0 spiro atoms. The first-order valence-electron chi connectivity index (χ1n) is 11.7. The number of aromatic nitrogens is 1. The number of aryl methyl sites for hydroxylation is 3. The minimum atomic E-state index is -0.341. The van der Waals surface area contributed by atoms with Crippen LogP contribution in [0, 0.1) is 13.8 Å². The average Bonchev–Trinajstić information content (AvgIpc) is 3.45. The van der Waals surface area contributed by atoms with Gasteiger partial charge < -0.3 is 23.8 Å². The highest BCUT2D eigenvalue weighted by Gasteiger charge is 2.31. The van der Waals surface area contributed by atoms with E-state index >= 15 is 0 Å². The fourth-order valence-electron chi connectivity index (χ4n) is 4.17. The van der Waals surface area contributed by atoms with Crippen LogP contribution in [0.5, 0.6) is 5.75 Å². The molecular formula is C26H31N3O5S. The molecule has 3 heterocycles.